The summed E-state index contributed by atoms with van der Waals surface area (Å²) in [6.45, 7) is -0.402. The van der Waals surface area contributed by atoms with Crippen LogP contribution >= 0.6 is 11.8 Å². The van der Waals surface area contributed by atoms with Gasteiger partial charge in [0.05, 0.1) is 19.3 Å². The van der Waals surface area contributed by atoms with E-state index in [2.05, 4.69) is 5.32 Å². The molecule has 1 amide bonds. The third-order valence-corrected chi connectivity index (χ3v) is 6.78. The van der Waals surface area contributed by atoms with Gasteiger partial charge in [0, 0.05) is 28.5 Å². The van der Waals surface area contributed by atoms with E-state index in [1.807, 2.05) is 0 Å². The van der Waals surface area contributed by atoms with Crippen molar-refractivity contribution in [1.82, 2.24) is 9.88 Å². The lowest BCUT2D eigenvalue weighted by molar-refractivity contribution is -0.252. The number of hydrogen-bond acceptors (Lipinski definition) is 8. The van der Waals surface area contributed by atoms with E-state index < -0.39 is 48.7 Å². The molecule has 3 aromatic rings. The van der Waals surface area contributed by atoms with Gasteiger partial charge >= 0.3 is 5.51 Å². The second-order valence-electron chi connectivity index (χ2n) is 8.47. The highest BCUT2D eigenvalue weighted by molar-refractivity contribution is 8.00. The van der Waals surface area contributed by atoms with Gasteiger partial charge in [-0.2, -0.15) is 13.2 Å². The summed E-state index contributed by atoms with van der Waals surface area (Å²) in [7, 11) is 1.46. The number of hydrogen-bond donors (Lipinski definition) is 5. The van der Waals surface area contributed by atoms with Gasteiger partial charge < -0.3 is 39.8 Å². The van der Waals surface area contributed by atoms with Crippen LogP contribution in [0.1, 0.15) is 15.9 Å². The molecule has 4 rings (SSSR count). The first-order chi connectivity index (χ1) is 17.5. The van der Waals surface area contributed by atoms with Gasteiger partial charge in [0.15, 0.2) is 6.29 Å². The zero-order chi connectivity index (χ0) is 26.9. The van der Waals surface area contributed by atoms with Crippen molar-refractivity contribution in [1.29, 1.82) is 0 Å². The smallest absolute Gasteiger partial charge is 0.446 e. The molecule has 5 atom stereocenters. The quantitative estimate of drug-likeness (QED) is 0.286. The molecule has 0 bridgehead atoms. The Morgan fingerprint density at radius 2 is 1.84 bits per heavy atom. The summed E-state index contributed by atoms with van der Waals surface area (Å²) in [6, 6.07) is 9.53. The highest BCUT2D eigenvalue weighted by Crippen LogP contribution is 2.37. The Labute approximate surface area is 213 Å². The zero-order valence-corrected chi connectivity index (χ0v) is 20.2. The lowest BCUT2D eigenvalue weighted by atomic mass is 9.96. The van der Waals surface area contributed by atoms with E-state index in [1.165, 1.54) is 25.4 Å². The van der Waals surface area contributed by atoms with Crippen LogP contribution in [0, 0.1) is 0 Å². The predicted molar refractivity (Wildman–Crippen MR) is 127 cm³/mol. The van der Waals surface area contributed by atoms with E-state index in [0.29, 0.717) is 22.2 Å². The number of aromatic nitrogens is 1. The largest absolute Gasteiger partial charge is 0.497 e. The van der Waals surface area contributed by atoms with Crippen LogP contribution in [0.15, 0.2) is 53.6 Å². The van der Waals surface area contributed by atoms with Gasteiger partial charge in [-0.1, -0.05) is 12.1 Å². The van der Waals surface area contributed by atoms with Crippen LogP contribution in [0.25, 0.3) is 10.9 Å². The summed E-state index contributed by atoms with van der Waals surface area (Å²) in [6.07, 6.45) is -4.52. The number of ether oxygens (including phenoxy) is 2. The number of alkyl halides is 3. The van der Waals surface area contributed by atoms with E-state index in [4.69, 9.17) is 9.47 Å². The summed E-state index contributed by atoms with van der Waals surface area (Å²) in [5.41, 5.74) is -2.91. The average molecular weight is 543 g/mol. The molecule has 5 N–H and O–H groups in total. The minimum Gasteiger partial charge on any atom is -0.497 e. The second-order valence-corrected chi connectivity index (χ2v) is 9.61. The van der Waals surface area contributed by atoms with Crippen LogP contribution in [-0.4, -0.2) is 80.8 Å². The first-order valence-electron chi connectivity index (χ1n) is 11.1. The molecule has 1 saturated heterocycles. The first-order valence-corrected chi connectivity index (χ1v) is 12.0. The van der Waals surface area contributed by atoms with Gasteiger partial charge in [-0.05, 0) is 47.7 Å². The molecule has 1 fully saturated rings. The van der Waals surface area contributed by atoms with E-state index in [0.717, 1.165) is 0 Å². The molecule has 0 radical (unpaired) electrons. The Kier molecular flexibility index (Phi) is 8.02. The summed E-state index contributed by atoms with van der Waals surface area (Å²) < 4.78 is 50.0. The van der Waals surface area contributed by atoms with Crippen LogP contribution in [0.2, 0.25) is 0 Å². The van der Waals surface area contributed by atoms with E-state index >= 15 is 0 Å². The number of fused-ring (bicyclic) bond motifs is 1. The molecule has 0 saturated carbocycles. The molecule has 2 heterocycles. The van der Waals surface area contributed by atoms with Crippen LogP contribution in [0.5, 0.6) is 5.75 Å². The standard InChI is InChI=1S/C24H25F3N2O7S/c1-35-13-4-7-17-15(8-13)16(22(33)28-19-21(32)20(31)18(11-30)36-23(19)34)10-29(17)9-12-2-5-14(6-3-12)37-24(25,26)27/h2-8,10,18-21,23,30-32,34H,9,11H2,1H3,(H,28,33)/t18-,19-,20-,21-,23?/m1/s1. The molecule has 1 aliphatic rings. The molecule has 0 spiro atoms. The van der Waals surface area contributed by atoms with Crippen molar-refractivity contribution in [3.8, 4) is 5.75 Å². The molecule has 13 heteroatoms. The van der Waals surface area contributed by atoms with Gasteiger partial charge in [-0.15, -0.1) is 0 Å². The second kappa shape index (κ2) is 10.9. The molecule has 9 nitrogen and oxygen atoms in total. The number of aliphatic hydroxyl groups is 4. The fraction of sp³-hybridized carbons (Fsp3) is 0.375. The van der Waals surface area contributed by atoms with Gasteiger partial charge in [-0.25, -0.2) is 0 Å². The molecular weight excluding hydrogens is 517 g/mol. The number of methoxy groups -OCH3 is 1. The number of aliphatic hydroxyl groups excluding tert-OH is 4. The molecule has 0 aliphatic carbocycles. The highest BCUT2D eigenvalue weighted by Gasteiger charge is 2.44. The molecule has 2 aromatic carbocycles. The van der Waals surface area contributed by atoms with Crippen molar-refractivity contribution in [3.05, 3.63) is 59.8 Å². The molecule has 37 heavy (non-hydrogen) atoms. The van der Waals surface area contributed by atoms with Crippen LogP contribution in [0.4, 0.5) is 13.2 Å². The minimum atomic E-state index is -4.39. The van der Waals surface area contributed by atoms with Crippen molar-refractivity contribution >= 4 is 28.6 Å². The van der Waals surface area contributed by atoms with Crippen LogP contribution < -0.4 is 10.1 Å². The van der Waals surface area contributed by atoms with E-state index in [1.54, 1.807) is 34.9 Å². The fourth-order valence-corrected chi connectivity index (χ4v) is 4.73. The Morgan fingerprint density at radius 3 is 2.46 bits per heavy atom. The molecule has 200 valence electrons. The topological polar surface area (TPSA) is 133 Å². The van der Waals surface area contributed by atoms with Crippen LogP contribution in [0.3, 0.4) is 0 Å². The maximum absolute atomic E-state index is 13.2. The highest BCUT2D eigenvalue weighted by atomic mass is 32.2. The van der Waals surface area contributed by atoms with Crippen LogP contribution in [-0.2, 0) is 11.3 Å². The number of nitrogens with zero attached hydrogens (tertiary/aromatic N) is 1. The Morgan fingerprint density at radius 1 is 1.14 bits per heavy atom. The average Bonchev–Trinajstić information content (AvgIpc) is 3.21. The van der Waals surface area contributed by atoms with Gasteiger partial charge in [-0.3, -0.25) is 4.79 Å². The fourth-order valence-electron chi connectivity index (χ4n) is 4.19. The molecule has 1 unspecified atom stereocenters. The molecule has 1 aromatic heterocycles. The van der Waals surface area contributed by atoms with E-state index in [9.17, 15) is 38.4 Å². The van der Waals surface area contributed by atoms with E-state index in [-0.39, 0.29) is 28.8 Å². The van der Waals surface area contributed by atoms with Crippen molar-refractivity contribution in [2.45, 2.75) is 47.6 Å². The van der Waals surface area contributed by atoms with Crippen molar-refractivity contribution in [3.63, 3.8) is 0 Å². The van der Waals surface area contributed by atoms with Gasteiger partial charge in [0.2, 0.25) is 0 Å². The van der Waals surface area contributed by atoms with Gasteiger partial charge in [0.25, 0.3) is 5.91 Å². The third-order valence-electron chi connectivity index (χ3n) is 6.04. The maximum Gasteiger partial charge on any atom is 0.446 e. The lowest BCUT2D eigenvalue weighted by Crippen LogP contribution is -2.64. The number of carbonyl (C=O) groups is 1. The number of benzene rings is 2. The zero-order valence-electron chi connectivity index (χ0n) is 19.4. The first kappa shape index (κ1) is 27.2. The van der Waals surface area contributed by atoms with Crippen molar-refractivity contribution in [2.24, 2.45) is 0 Å². The van der Waals surface area contributed by atoms with Crippen molar-refractivity contribution in [2.75, 3.05) is 13.7 Å². The summed E-state index contributed by atoms with van der Waals surface area (Å²) in [4.78, 5) is 13.3. The monoisotopic (exact) mass is 542 g/mol. The number of halogens is 3. The predicted octanol–water partition coefficient (Wildman–Crippen LogP) is 1.84. The third kappa shape index (κ3) is 6.03. The van der Waals surface area contributed by atoms with Crippen molar-refractivity contribution < 1.29 is 47.9 Å². The lowest BCUT2D eigenvalue weighted by Gasteiger charge is -2.40. The maximum atomic E-state index is 13.2. The number of carbonyl (C=O) groups excluding carboxylic acids is 1. The molecular formula is C24H25F3N2O7S. The van der Waals surface area contributed by atoms with Gasteiger partial charge in [0.1, 0.15) is 30.1 Å². The SMILES string of the molecule is COc1ccc2c(c1)c(C(=O)N[C@H]1C(O)O[C@H](CO)[C@@H](O)[C@@H]1O)cn2Cc1ccc(SC(F)(F)F)cc1. The summed E-state index contributed by atoms with van der Waals surface area (Å²) in [5.74, 6) is -0.217. The summed E-state index contributed by atoms with van der Waals surface area (Å²) >= 11 is -0.208. The number of thioether (sulfide) groups is 1. The normalized spacial score (nSPS) is 24.3. The number of amides is 1. The molecule has 1 aliphatic heterocycles. The number of rotatable bonds is 7. The minimum absolute atomic E-state index is 0.0517. The number of nitrogens with one attached hydrogen (secondary N) is 1. The Hall–Kier alpha value is -2.81. The Bertz CT molecular complexity index is 1250. The Balaban J connectivity index is 1.61. The summed E-state index contributed by atoms with van der Waals surface area (Å²) in [5, 5.41) is 42.9.